The lowest BCUT2D eigenvalue weighted by Crippen LogP contribution is -2.22. The summed E-state index contributed by atoms with van der Waals surface area (Å²) < 4.78 is 1.92. The van der Waals surface area contributed by atoms with Gasteiger partial charge >= 0.3 is 0 Å². The third kappa shape index (κ3) is 2.94. The molecule has 3 nitrogen and oxygen atoms in total. The van der Waals surface area contributed by atoms with E-state index in [4.69, 9.17) is 17.3 Å². The predicted molar refractivity (Wildman–Crippen MR) is 94.4 cm³/mol. The molecule has 1 aromatic carbocycles. The van der Waals surface area contributed by atoms with Crippen molar-refractivity contribution in [1.82, 2.24) is 5.32 Å². The number of nitrogens with two attached hydrogens (primary N) is 1. The van der Waals surface area contributed by atoms with Crippen LogP contribution >= 0.6 is 50.2 Å². The number of nitrogens with one attached hydrogen (secondary N) is 1. The molecule has 2 aromatic heterocycles. The van der Waals surface area contributed by atoms with Gasteiger partial charge in [-0.1, -0.05) is 11.6 Å². The normalized spacial score (nSPS) is 11.0. The molecule has 0 atom stereocenters. The third-order valence-electron chi connectivity index (χ3n) is 3.00. The summed E-state index contributed by atoms with van der Waals surface area (Å²) in [5, 5.41) is 6.38. The van der Waals surface area contributed by atoms with Crippen molar-refractivity contribution < 1.29 is 4.79 Å². The average Bonchev–Trinajstić information content (AvgIpc) is 3.00. The second kappa shape index (κ2) is 5.96. The minimum absolute atomic E-state index is 0.162. The van der Waals surface area contributed by atoms with Gasteiger partial charge in [-0.15, -0.1) is 22.7 Å². The zero-order chi connectivity index (χ0) is 15.0. The molecule has 0 radical (unpaired) electrons. The molecular formula is C14H10BrClN2OS2. The number of anilines is 1. The Morgan fingerprint density at radius 1 is 1.38 bits per heavy atom. The van der Waals surface area contributed by atoms with Gasteiger partial charge in [-0.2, -0.15) is 0 Å². The molecule has 3 aromatic rings. The second-order valence-corrected chi connectivity index (χ2v) is 7.70. The highest BCUT2D eigenvalue weighted by Gasteiger charge is 2.16. The van der Waals surface area contributed by atoms with E-state index in [1.54, 1.807) is 17.4 Å². The Bertz CT molecular complexity index is 828. The first-order chi connectivity index (χ1) is 10.1. The number of rotatable bonds is 3. The van der Waals surface area contributed by atoms with E-state index in [1.165, 1.54) is 11.3 Å². The maximum atomic E-state index is 12.3. The summed E-state index contributed by atoms with van der Waals surface area (Å²) in [5.41, 5.74) is 6.58. The fourth-order valence-corrected chi connectivity index (χ4v) is 4.70. The lowest BCUT2D eigenvalue weighted by atomic mass is 10.2. The van der Waals surface area contributed by atoms with Crippen molar-refractivity contribution in [2.24, 2.45) is 0 Å². The van der Waals surface area contributed by atoms with Crippen molar-refractivity contribution in [2.75, 3.05) is 5.73 Å². The molecule has 108 valence electrons. The minimum atomic E-state index is -0.162. The molecule has 3 rings (SSSR count). The Hall–Kier alpha value is -1.08. The molecule has 2 heterocycles. The Morgan fingerprint density at radius 2 is 2.19 bits per heavy atom. The van der Waals surface area contributed by atoms with Gasteiger partial charge in [0.15, 0.2) is 0 Å². The standard InChI is InChI=1S/C14H10BrClN2OS2/c15-9-3-4-20-11(9)6-18-14(19)13-12(17)8-2-1-7(16)5-10(8)21-13/h1-5H,6,17H2,(H,18,19). The zero-order valence-electron chi connectivity index (χ0n) is 10.7. The molecular weight excluding hydrogens is 392 g/mol. The molecule has 0 aliphatic heterocycles. The van der Waals surface area contributed by atoms with Crippen LogP contribution in [0.15, 0.2) is 34.1 Å². The Kier molecular flexibility index (Phi) is 4.21. The predicted octanol–water partition coefficient (Wildman–Crippen LogP) is 4.89. The smallest absolute Gasteiger partial charge is 0.263 e. The number of carbonyl (C=O) groups excluding carboxylic acids is 1. The van der Waals surface area contributed by atoms with E-state index >= 15 is 0 Å². The highest BCUT2D eigenvalue weighted by atomic mass is 79.9. The lowest BCUT2D eigenvalue weighted by Gasteiger charge is -2.03. The van der Waals surface area contributed by atoms with Crippen LogP contribution in [-0.2, 0) is 6.54 Å². The highest BCUT2D eigenvalue weighted by Crippen LogP contribution is 2.35. The van der Waals surface area contributed by atoms with Crippen LogP contribution < -0.4 is 11.1 Å². The van der Waals surface area contributed by atoms with Crippen molar-refractivity contribution in [2.45, 2.75) is 6.54 Å². The SMILES string of the molecule is Nc1c(C(=O)NCc2sccc2Br)sc2cc(Cl)ccc12. The number of carbonyl (C=O) groups is 1. The van der Waals surface area contributed by atoms with Crippen molar-refractivity contribution in [3.8, 4) is 0 Å². The third-order valence-corrected chi connectivity index (χ3v) is 6.33. The van der Waals surface area contributed by atoms with Crippen LogP contribution in [0.5, 0.6) is 0 Å². The van der Waals surface area contributed by atoms with Crippen LogP contribution in [0.2, 0.25) is 5.02 Å². The van der Waals surface area contributed by atoms with Crippen LogP contribution in [-0.4, -0.2) is 5.91 Å². The first-order valence-electron chi connectivity index (χ1n) is 6.04. The van der Waals surface area contributed by atoms with Crippen molar-refractivity contribution in [3.05, 3.63) is 48.9 Å². The van der Waals surface area contributed by atoms with Crippen LogP contribution in [0.1, 0.15) is 14.5 Å². The summed E-state index contributed by atoms with van der Waals surface area (Å²) in [6.45, 7) is 0.478. The van der Waals surface area contributed by atoms with Crippen molar-refractivity contribution in [1.29, 1.82) is 0 Å². The number of thiophene rings is 2. The first-order valence-corrected chi connectivity index (χ1v) is 8.90. The van der Waals surface area contributed by atoms with E-state index < -0.39 is 0 Å². The van der Waals surface area contributed by atoms with Gasteiger partial charge in [0, 0.05) is 24.5 Å². The Morgan fingerprint density at radius 3 is 2.90 bits per heavy atom. The van der Waals surface area contributed by atoms with E-state index in [-0.39, 0.29) is 5.91 Å². The van der Waals surface area contributed by atoms with E-state index in [1.807, 2.05) is 23.6 Å². The van der Waals surface area contributed by atoms with E-state index in [2.05, 4.69) is 21.2 Å². The van der Waals surface area contributed by atoms with Crippen molar-refractivity contribution in [3.63, 3.8) is 0 Å². The summed E-state index contributed by atoms with van der Waals surface area (Å²) in [5.74, 6) is -0.162. The summed E-state index contributed by atoms with van der Waals surface area (Å²) in [6, 6.07) is 7.40. The molecule has 21 heavy (non-hydrogen) atoms. The largest absolute Gasteiger partial charge is 0.397 e. The molecule has 0 unspecified atom stereocenters. The van der Waals surface area contributed by atoms with Gasteiger partial charge in [-0.3, -0.25) is 4.79 Å². The quantitative estimate of drug-likeness (QED) is 0.656. The molecule has 0 aliphatic carbocycles. The number of nitrogen functional groups attached to an aromatic ring is 1. The van der Waals surface area contributed by atoms with E-state index in [0.717, 1.165) is 19.4 Å². The molecule has 0 saturated carbocycles. The lowest BCUT2D eigenvalue weighted by molar-refractivity contribution is 0.0956. The molecule has 0 bridgehead atoms. The summed E-state index contributed by atoms with van der Waals surface area (Å²) in [4.78, 5) is 13.9. The maximum absolute atomic E-state index is 12.3. The van der Waals surface area contributed by atoms with Gasteiger partial charge in [-0.05, 0) is 45.6 Å². The van der Waals surface area contributed by atoms with Crippen LogP contribution in [0.3, 0.4) is 0 Å². The Balaban J connectivity index is 1.84. The van der Waals surface area contributed by atoms with Gasteiger partial charge in [-0.25, -0.2) is 0 Å². The fraction of sp³-hybridized carbons (Fsp3) is 0.0714. The van der Waals surface area contributed by atoms with Gasteiger partial charge in [0.25, 0.3) is 5.91 Å². The van der Waals surface area contributed by atoms with Gasteiger partial charge < -0.3 is 11.1 Å². The number of benzene rings is 1. The van der Waals surface area contributed by atoms with Crippen LogP contribution in [0.4, 0.5) is 5.69 Å². The van der Waals surface area contributed by atoms with E-state index in [9.17, 15) is 4.79 Å². The van der Waals surface area contributed by atoms with E-state index in [0.29, 0.717) is 22.1 Å². The molecule has 7 heteroatoms. The molecule has 1 amide bonds. The first kappa shape index (κ1) is 14.8. The average molecular weight is 402 g/mol. The number of amides is 1. The second-order valence-electron chi connectivity index (χ2n) is 4.36. The topological polar surface area (TPSA) is 55.1 Å². The van der Waals surface area contributed by atoms with Gasteiger partial charge in [0.1, 0.15) is 4.88 Å². The minimum Gasteiger partial charge on any atom is -0.397 e. The molecule has 0 aliphatic rings. The van der Waals surface area contributed by atoms with Gasteiger partial charge in [0.05, 0.1) is 12.2 Å². The molecule has 0 saturated heterocycles. The number of hydrogen-bond donors (Lipinski definition) is 2. The monoisotopic (exact) mass is 400 g/mol. The fourth-order valence-electron chi connectivity index (χ4n) is 1.95. The highest BCUT2D eigenvalue weighted by molar-refractivity contribution is 9.10. The van der Waals surface area contributed by atoms with Crippen molar-refractivity contribution >= 4 is 71.9 Å². The maximum Gasteiger partial charge on any atom is 0.263 e. The summed E-state index contributed by atoms with van der Waals surface area (Å²) >= 11 is 12.4. The number of fused-ring (bicyclic) bond motifs is 1. The Labute approximate surface area is 142 Å². The number of halogens is 2. The van der Waals surface area contributed by atoms with Crippen LogP contribution in [0, 0.1) is 0 Å². The zero-order valence-corrected chi connectivity index (χ0v) is 14.6. The molecule has 3 N–H and O–H groups in total. The molecule has 0 spiro atoms. The number of hydrogen-bond acceptors (Lipinski definition) is 4. The molecule has 0 fully saturated rings. The van der Waals surface area contributed by atoms with Crippen LogP contribution in [0.25, 0.3) is 10.1 Å². The van der Waals surface area contributed by atoms with Gasteiger partial charge in [0.2, 0.25) is 0 Å². The summed E-state index contributed by atoms with van der Waals surface area (Å²) in [6.07, 6.45) is 0. The summed E-state index contributed by atoms with van der Waals surface area (Å²) in [7, 11) is 0.